The number of anilines is 2. The lowest BCUT2D eigenvalue weighted by atomic mass is 10.1. The van der Waals surface area contributed by atoms with Gasteiger partial charge < -0.3 is 20.7 Å². The van der Waals surface area contributed by atoms with E-state index < -0.39 is 5.60 Å². The van der Waals surface area contributed by atoms with E-state index in [0.717, 1.165) is 41.7 Å². The summed E-state index contributed by atoms with van der Waals surface area (Å²) in [7, 11) is 0. The Morgan fingerprint density at radius 1 is 1.21 bits per heavy atom. The molecule has 0 atom stereocenters. The van der Waals surface area contributed by atoms with Crippen LogP contribution in [0.5, 0.6) is 0 Å². The highest BCUT2D eigenvalue weighted by Gasteiger charge is 2.24. The van der Waals surface area contributed by atoms with Crippen LogP contribution in [0.2, 0.25) is 5.02 Å². The molecule has 0 aliphatic carbocycles. The van der Waals surface area contributed by atoms with Gasteiger partial charge in [0.2, 0.25) is 0 Å². The lowest BCUT2D eigenvalue weighted by Gasteiger charge is -2.33. The molecule has 1 aliphatic rings. The number of carbonyl (C=O) groups is 1. The first kappa shape index (κ1) is 23.3. The molecule has 1 amide bonds. The number of aromatic nitrogens is 4. The van der Waals surface area contributed by atoms with Gasteiger partial charge >= 0.3 is 6.09 Å². The molecule has 3 N–H and O–H groups in total. The Balaban J connectivity index is 1.39. The Labute approximate surface area is 201 Å². The second-order valence-electron chi connectivity index (χ2n) is 8.74. The maximum absolute atomic E-state index is 12.0. The summed E-state index contributed by atoms with van der Waals surface area (Å²) >= 11 is 7.63. The fourth-order valence-electron chi connectivity index (χ4n) is 3.45. The summed E-state index contributed by atoms with van der Waals surface area (Å²) < 4.78 is 5.35. The topological polar surface area (TPSA) is 119 Å². The van der Waals surface area contributed by atoms with Crippen molar-refractivity contribution in [1.29, 1.82) is 0 Å². The molecular formula is C22H26ClN7O2S. The first-order valence-electron chi connectivity index (χ1n) is 10.6. The number of pyridine rings is 2. The zero-order valence-electron chi connectivity index (χ0n) is 18.7. The number of rotatable bonds is 4. The number of carbonyl (C=O) groups excluding carboxylic acids is 1. The van der Waals surface area contributed by atoms with E-state index in [4.69, 9.17) is 27.1 Å². The van der Waals surface area contributed by atoms with Gasteiger partial charge in [0.25, 0.3) is 0 Å². The fraction of sp³-hybridized carbons (Fsp3) is 0.409. The molecule has 0 radical (unpaired) electrons. The summed E-state index contributed by atoms with van der Waals surface area (Å²) in [5.74, 6) is 1.09. The average Bonchev–Trinajstić information content (AvgIpc) is 2.76. The third kappa shape index (κ3) is 5.94. The first-order valence-corrected chi connectivity index (χ1v) is 11.8. The van der Waals surface area contributed by atoms with Crippen molar-refractivity contribution in [3.8, 4) is 0 Å². The van der Waals surface area contributed by atoms with Crippen molar-refractivity contribution < 1.29 is 9.53 Å². The van der Waals surface area contributed by atoms with Crippen molar-refractivity contribution in [3.63, 3.8) is 0 Å². The predicted molar refractivity (Wildman–Crippen MR) is 130 cm³/mol. The van der Waals surface area contributed by atoms with Crippen LogP contribution >= 0.6 is 23.4 Å². The molecule has 33 heavy (non-hydrogen) atoms. The standard InChI is InChI=1S/C22H26ClN7O2S/c1-22(2,3)32-21(31)27-13-7-10-30(11-8-13)16-12-26-20-14(28-16)4-5-17(29-20)33-15-6-9-25-19(24)18(15)23/h4-6,9,12-13H,7-8,10-11H2,1-3H3,(H2,24,25)(H,27,31). The summed E-state index contributed by atoms with van der Waals surface area (Å²) in [6, 6.07) is 5.66. The van der Waals surface area contributed by atoms with Crippen molar-refractivity contribution in [2.45, 2.75) is 55.2 Å². The number of nitrogens with zero attached hydrogens (tertiary/aromatic N) is 5. The molecule has 4 heterocycles. The number of hydrogen-bond acceptors (Lipinski definition) is 9. The van der Waals surface area contributed by atoms with Gasteiger partial charge in [0, 0.05) is 30.2 Å². The Bertz CT molecular complexity index is 1160. The van der Waals surface area contributed by atoms with Gasteiger partial charge in [-0.05, 0) is 51.8 Å². The van der Waals surface area contributed by atoms with Crippen molar-refractivity contribution in [1.82, 2.24) is 25.3 Å². The van der Waals surface area contributed by atoms with Crippen molar-refractivity contribution >= 4 is 52.3 Å². The van der Waals surface area contributed by atoms with Crippen LogP contribution in [0.25, 0.3) is 11.2 Å². The number of nitrogens with one attached hydrogen (secondary N) is 1. The van der Waals surface area contributed by atoms with Gasteiger partial charge in [-0.2, -0.15) is 0 Å². The molecule has 0 spiro atoms. The molecule has 0 unspecified atom stereocenters. The highest BCUT2D eigenvalue weighted by Crippen LogP contribution is 2.34. The zero-order chi connectivity index (χ0) is 23.6. The quantitative estimate of drug-likeness (QED) is 0.554. The van der Waals surface area contributed by atoms with Crippen LogP contribution < -0.4 is 16.0 Å². The smallest absolute Gasteiger partial charge is 0.407 e. The van der Waals surface area contributed by atoms with Crippen molar-refractivity contribution in [2.24, 2.45) is 0 Å². The average molecular weight is 488 g/mol. The monoisotopic (exact) mass is 487 g/mol. The van der Waals surface area contributed by atoms with E-state index >= 15 is 0 Å². The fourth-order valence-corrected chi connectivity index (χ4v) is 4.49. The molecule has 0 aromatic carbocycles. The molecular weight excluding hydrogens is 462 g/mol. The van der Waals surface area contributed by atoms with Crippen LogP contribution in [0.1, 0.15) is 33.6 Å². The Morgan fingerprint density at radius 2 is 1.97 bits per heavy atom. The first-order chi connectivity index (χ1) is 15.7. The molecule has 11 heteroatoms. The van der Waals surface area contributed by atoms with Crippen LogP contribution in [-0.4, -0.2) is 50.8 Å². The van der Waals surface area contributed by atoms with Gasteiger partial charge in [0.15, 0.2) is 5.65 Å². The number of amides is 1. The minimum Gasteiger partial charge on any atom is -0.444 e. The van der Waals surface area contributed by atoms with E-state index in [1.54, 1.807) is 18.5 Å². The number of halogens is 1. The summed E-state index contributed by atoms with van der Waals surface area (Å²) in [6.07, 6.45) is 4.60. The van der Waals surface area contributed by atoms with Crippen LogP contribution in [0.15, 0.2) is 40.5 Å². The highest BCUT2D eigenvalue weighted by atomic mass is 35.5. The lowest BCUT2D eigenvalue weighted by Crippen LogP contribution is -2.46. The van der Waals surface area contributed by atoms with Crippen LogP contribution in [0.4, 0.5) is 16.4 Å². The molecule has 1 fully saturated rings. The Kier molecular flexibility index (Phi) is 6.76. The molecule has 3 aromatic rings. The molecule has 9 nitrogen and oxygen atoms in total. The number of hydrogen-bond donors (Lipinski definition) is 2. The molecule has 3 aromatic heterocycles. The minimum absolute atomic E-state index is 0.0832. The molecule has 0 bridgehead atoms. The maximum atomic E-state index is 12.0. The van der Waals surface area contributed by atoms with Gasteiger partial charge in [-0.25, -0.2) is 24.7 Å². The predicted octanol–water partition coefficient (Wildman–Crippen LogP) is 4.30. The number of alkyl carbamates (subject to hydrolysis) is 1. The third-order valence-electron chi connectivity index (χ3n) is 5.00. The molecule has 0 saturated carbocycles. The number of nitrogens with two attached hydrogens (primary N) is 1. The van der Waals surface area contributed by atoms with Crippen LogP contribution in [0.3, 0.4) is 0 Å². The van der Waals surface area contributed by atoms with Crippen LogP contribution in [0, 0.1) is 0 Å². The van der Waals surface area contributed by atoms with E-state index in [1.165, 1.54) is 11.8 Å². The lowest BCUT2D eigenvalue weighted by molar-refractivity contribution is 0.0497. The van der Waals surface area contributed by atoms with Crippen molar-refractivity contribution in [3.05, 3.63) is 35.6 Å². The minimum atomic E-state index is -0.504. The highest BCUT2D eigenvalue weighted by molar-refractivity contribution is 7.99. The number of ether oxygens (including phenoxy) is 1. The van der Waals surface area contributed by atoms with Gasteiger partial charge in [-0.1, -0.05) is 23.4 Å². The molecule has 4 rings (SSSR count). The van der Waals surface area contributed by atoms with Gasteiger partial charge in [-0.15, -0.1) is 0 Å². The Hall–Kier alpha value is -2.85. The Morgan fingerprint density at radius 3 is 2.70 bits per heavy atom. The summed E-state index contributed by atoms with van der Waals surface area (Å²) in [6.45, 7) is 7.10. The zero-order valence-corrected chi connectivity index (χ0v) is 20.3. The van der Waals surface area contributed by atoms with E-state index in [9.17, 15) is 4.79 Å². The normalized spacial score (nSPS) is 15.0. The van der Waals surface area contributed by atoms with E-state index in [1.807, 2.05) is 32.9 Å². The second kappa shape index (κ2) is 9.56. The SMILES string of the molecule is CC(C)(C)OC(=O)NC1CCN(c2cnc3nc(Sc4ccnc(N)c4Cl)ccc3n2)CC1. The summed E-state index contributed by atoms with van der Waals surface area (Å²) in [5.41, 5.74) is 6.55. The van der Waals surface area contributed by atoms with E-state index in [0.29, 0.717) is 16.2 Å². The number of nitrogen functional groups attached to an aromatic ring is 1. The molecule has 1 saturated heterocycles. The second-order valence-corrected chi connectivity index (χ2v) is 10.2. The molecule has 174 valence electrons. The maximum Gasteiger partial charge on any atom is 0.407 e. The number of piperidine rings is 1. The number of fused-ring (bicyclic) bond motifs is 1. The third-order valence-corrected chi connectivity index (χ3v) is 6.51. The molecule has 1 aliphatic heterocycles. The van der Waals surface area contributed by atoms with Gasteiger partial charge in [0.1, 0.15) is 27.8 Å². The summed E-state index contributed by atoms with van der Waals surface area (Å²) in [5, 5.41) is 4.11. The van der Waals surface area contributed by atoms with Gasteiger partial charge in [-0.3, -0.25) is 0 Å². The van der Waals surface area contributed by atoms with Crippen molar-refractivity contribution in [2.75, 3.05) is 23.7 Å². The van der Waals surface area contributed by atoms with Gasteiger partial charge in [0.05, 0.1) is 11.2 Å². The largest absolute Gasteiger partial charge is 0.444 e. The van der Waals surface area contributed by atoms with Crippen LogP contribution in [-0.2, 0) is 4.74 Å². The van der Waals surface area contributed by atoms with E-state index in [-0.39, 0.29) is 18.0 Å². The van der Waals surface area contributed by atoms with E-state index in [2.05, 4.69) is 25.2 Å². The summed E-state index contributed by atoms with van der Waals surface area (Å²) in [4.78, 5) is 32.8.